The van der Waals surface area contributed by atoms with Gasteiger partial charge >= 0.3 is 5.97 Å². The summed E-state index contributed by atoms with van der Waals surface area (Å²) in [7, 11) is 1.69. The fraction of sp³-hybridized carbons (Fsp3) is 0.412. The largest absolute Gasteiger partial charge is 0.478 e. The zero-order valence-electron chi connectivity index (χ0n) is 25.8. The summed E-state index contributed by atoms with van der Waals surface area (Å²) >= 11 is 0. The van der Waals surface area contributed by atoms with E-state index in [9.17, 15) is 9.90 Å². The van der Waals surface area contributed by atoms with Gasteiger partial charge in [-0.1, -0.05) is 18.2 Å². The second kappa shape index (κ2) is 13.1. The molecule has 0 aliphatic carbocycles. The Labute approximate surface area is 265 Å². The maximum absolute atomic E-state index is 15.4. The molecule has 3 aromatic heterocycles. The SMILES string of the molecule is COCCn1ncc2ccc(COc3cccc(C4CCN(Cc5nc6ccc(C(=O)O)c(F)c6n5C[C@@H]5CCO5)CC4)n3)cc21. The lowest BCUT2D eigenvalue weighted by Crippen LogP contribution is -2.35. The highest BCUT2D eigenvalue weighted by atomic mass is 19.1. The van der Waals surface area contributed by atoms with Gasteiger partial charge in [0.2, 0.25) is 5.88 Å². The molecule has 0 unspecified atom stereocenters. The average molecular weight is 629 g/mol. The molecule has 46 heavy (non-hydrogen) atoms. The number of aromatic nitrogens is 5. The number of rotatable bonds is 12. The Morgan fingerprint density at radius 1 is 1.11 bits per heavy atom. The molecule has 0 spiro atoms. The number of piperidine rings is 1. The van der Waals surface area contributed by atoms with Crippen LogP contribution >= 0.6 is 0 Å². The van der Waals surface area contributed by atoms with Gasteiger partial charge in [0.05, 0.1) is 55.1 Å². The number of halogens is 1. The highest BCUT2D eigenvalue weighted by Gasteiger charge is 2.28. The van der Waals surface area contributed by atoms with Crippen LogP contribution in [0.25, 0.3) is 21.9 Å². The molecule has 5 heterocycles. The van der Waals surface area contributed by atoms with Gasteiger partial charge in [0.15, 0.2) is 5.82 Å². The Kier molecular flexibility index (Phi) is 8.65. The number of likely N-dealkylation sites (tertiary alicyclic amines) is 1. The van der Waals surface area contributed by atoms with Crippen LogP contribution in [0, 0.1) is 5.82 Å². The van der Waals surface area contributed by atoms with Crippen LogP contribution in [0.2, 0.25) is 0 Å². The zero-order chi connectivity index (χ0) is 31.6. The monoisotopic (exact) mass is 628 g/mol. The number of carbonyl (C=O) groups is 1. The van der Waals surface area contributed by atoms with Crippen molar-refractivity contribution < 1.29 is 28.5 Å². The Balaban J connectivity index is 0.999. The summed E-state index contributed by atoms with van der Waals surface area (Å²) in [5, 5.41) is 15.0. The highest BCUT2D eigenvalue weighted by molar-refractivity contribution is 5.93. The van der Waals surface area contributed by atoms with Crippen LogP contribution in [0.15, 0.2) is 54.7 Å². The molecule has 1 N–H and O–H groups in total. The lowest BCUT2D eigenvalue weighted by atomic mass is 9.93. The first kappa shape index (κ1) is 30.3. The van der Waals surface area contributed by atoms with Crippen LogP contribution in [-0.4, -0.2) is 79.8 Å². The molecule has 0 saturated carbocycles. The van der Waals surface area contributed by atoms with Gasteiger partial charge in [0.1, 0.15) is 17.9 Å². The molecule has 0 bridgehead atoms. The number of hydrogen-bond acceptors (Lipinski definition) is 8. The molecule has 0 radical (unpaired) electrons. The number of methoxy groups -OCH3 is 1. The fourth-order valence-corrected chi connectivity index (χ4v) is 6.39. The molecule has 0 amide bonds. The minimum atomic E-state index is -1.29. The maximum atomic E-state index is 15.4. The maximum Gasteiger partial charge on any atom is 0.338 e. The van der Waals surface area contributed by atoms with Crippen molar-refractivity contribution in [2.75, 3.05) is 33.4 Å². The Morgan fingerprint density at radius 3 is 2.72 bits per heavy atom. The predicted molar refractivity (Wildman–Crippen MR) is 168 cm³/mol. The van der Waals surface area contributed by atoms with E-state index in [4.69, 9.17) is 24.2 Å². The van der Waals surface area contributed by atoms with E-state index in [-0.39, 0.29) is 17.2 Å². The molecule has 240 valence electrons. The molecule has 11 nitrogen and oxygen atoms in total. The smallest absolute Gasteiger partial charge is 0.338 e. The molecule has 2 aliphatic rings. The third-order valence-corrected chi connectivity index (χ3v) is 9.05. The number of hydrogen-bond donors (Lipinski definition) is 1. The van der Waals surface area contributed by atoms with Crippen molar-refractivity contribution in [3.63, 3.8) is 0 Å². The highest BCUT2D eigenvalue weighted by Crippen LogP contribution is 2.31. The van der Waals surface area contributed by atoms with Crippen molar-refractivity contribution in [1.82, 2.24) is 29.2 Å². The van der Waals surface area contributed by atoms with Crippen molar-refractivity contribution in [3.8, 4) is 5.88 Å². The number of pyridine rings is 1. The lowest BCUT2D eigenvalue weighted by molar-refractivity contribution is -0.0592. The predicted octanol–water partition coefficient (Wildman–Crippen LogP) is 5.01. The number of nitrogens with zero attached hydrogens (tertiary/aromatic N) is 6. The third-order valence-electron chi connectivity index (χ3n) is 9.05. The second-order valence-corrected chi connectivity index (χ2v) is 12.0. The van der Waals surface area contributed by atoms with Crippen LogP contribution in [-0.2, 0) is 35.7 Å². The Hall–Kier alpha value is -4.39. The van der Waals surface area contributed by atoms with Crippen molar-refractivity contribution >= 4 is 27.9 Å². The topological polar surface area (TPSA) is 117 Å². The van der Waals surface area contributed by atoms with E-state index in [2.05, 4.69) is 34.3 Å². The Morgan fingerprint density at radius 2 is 1.96 bits per heavy atom. The van der Waals surface area contributed by atoms with Gasteiger partial charge in [-0.25, -0.2) is 19.2 Å². The molecule has 2 saturated heterocycles. The summed E-state index contributed by atoms with van der Waals surface area (Å²) in [5.74, 6) is -0.420. The van der Waals surface area contributed by atoms with Crippen LogP contribution < -0.4 is 4.74 Å². The number of fused-ring (bicyclic) bond motifs is 2. The van der Waals surface area contributed by atoms with E-state index in [1.165, 1.54) is 6.07 Å². The molecule has 5 aromatic rings. The molecular formula is C34H37FN6O5. The van der Waals surface area contributed by atoms with Gasteiger partial charge in [-0.2, -0.15) is 5.10 Å². The van der Waals surface area contributed by atoms with E-state index < -0.39 is 11.8 Å². The number of ether oxygens (including phenoxy) is 3. The van der Waals surface area contributed by atoms with Crippen molar-refractivity contribution in [2.24, 2.45) is 0 Å². The van der Waals surface area contributed by atoms with E-state index in [0.29, 0.717) is 56.8 Å². The minimum absolute atomic E-state index is 0.0253. The lowest BCUT2D eigenvalue weighted by Gasteiger charge is -2.32. The van der Waals surface area contributed by atoms with E-state index in [1.54, 1.807) is 13.2 Å². The number of carboxylic acid groups (broad SMARTS) is 1. The van der Waals surface area contributed by atoms with Crippen molar-refractivity contribution in [3.05, 3.63) is 83.2 Å². The van der Waals surface area contributed by atoms with Gasteiger partial charge in [0.25, 0.3) is 0 Å². The van der Waals surface area contributed by atoms with Gasteiger partial charge in [-0.05, 0) is 62.2 Å². The van der Waals surface area contributed by atoms with Crippen LogP contribution in [0.3, 0.4) is 0 Å². The summed E-state index contributed by atoms with van der Waals surface area (Å²) in [5.41, 5.74) is 3.46. The summed E-state index contributed by atoms with van der Waals surface area (Å²) < 4.78 is 36.1. The van der Waals surface area contributed by atoms with Crippen LogP contribution in [0.4, 0.5) is 4.39 Å². The minimum Gasteiger partial charge on any atom is -0.478 e. The second-order valence-electron chi connectivity index (χ2n) is 12.0. The molecule has 1 atom stereocenters. The summed E-state index contributed by atoms with van der Waals surface area (Å²) in [4.78, 5) is 23.5. The average Bonchev–Trinajstić information content (AvgIpc) is 3.61. The quantitative estimate of drug-likeness (QED) is 0.204. The third kappa shape index (κ3) is 6.20. The first-order valence-corrected chi connectivity index (χ1v) is 15.7. The number of carboxylic acids is 1. The van der Waals surface area contributed by atoms with Crippen LogP contribution in [0.1, 0.15) is 52.6 Å². The van der Waals surface area contributed by atoms with Crippen molar-refractivity contribution in [1.29, 1.82) is 0 Å². The normalized spacial score (nSPS) is 17.5. The van der Waals surface area contributed by atoms with E-state index in [0.717, 1.165) is 60.3 Å². The van der Waals surface area contributed by atoms with Crippen LogP contribution in [0.5, 0.6) is 5.88 Å². The molecule has 2 aromatic carbocycles. The first-order chi connectivity index (χ1) is 22.5. The van der Waals surface area contributed by atoms with Crippen molar-refractivity contribution in [2.45, 2.75) is 57.5 Å². The molecule has 2 fully saturated rings. The Bertz CT molecular complexity index is 1860. The van der Waals surface area contributed by atoms with Gasteiger partial charge in [-0.15, -0.1) is 0 Å². The van der Waals surface area contributed by atoms with Gasteiger partial charge in [-0.3, -0.25) is 9.58 Å². The summed E-state index contributed by atoms with van der Waals surface area (Å²) in [6.45, 7) is 5.03. The number of benzene rings is 2. The summed E-state index contributed by atoms with van der Waals surface area (Å²) in [6.07, 6.45) is 4.56. The first-order valence-electron chi connectivity index (χ1n) is 15.7. The number of aromatic carboxylic acids is 1. The van der Waals surface area contributed by atoms with Gasteiger partial charge < -0.3 is 23.9 Å². The van der Waals surface area contributed by atoms with Gasteiger partial charge in [0, 0.05) is 36.8 Å². The standard InChI is InChI=1S/C34H37FN6O5/c1-44-16-14-41-29-17-22(5-6-24(29)18-36-41)21-46-31-4-2-3-27(38-31)23-9-12-39(13-10-23)20-30-37-28-8-7-26(34(42)43)32(35)33(28)40(30)19-25-11-15-45-25/h2-8,17-18,23,25H,9-16,19-21H2,1H3,(H,42,43)/t25-/m0/s1. The fourth-order valence-electron chi connectivity index (χ4n) is 6.39. The molecular weight excluding hydrogens is 591 g/mol. The molecule has 7 rings (SSSR count). The van der Waals surface area contributed by atoms with E-state index >= 15 is 4.39 Å². The zero-order valence-corrected chi connectivity index (χ0v) is 25.8. The molecule has 2 aliphatic heterocycles. The number of imidazole rings is 1. The summed E-state index contributed by atoms with van der Waals surface area (Å²) in [6, 6.07) is 15.0. The van der Waals surface area contributed by atoms with E-state index in [1.807, 2.05) is 27.6 Å². The molecule has 12 heteroatoms.